The number of nitrogens with one attached hydrogen (secondary N) is 1. The molecule has 0 aliphatic heterocycles. The molecule has 0 fully saturated rings. The van der Waals surface area contributed by atoms with E-state index in [1.54, 1.807) is 0 Å². The zero-order chi connectivity index (χ0) is 13.5. The molecule has 100 valence electrons. The fraction of sp³-hybridized carbons (Fsp3) is 0.500. The van der Waals surface area contributed by atoms with Crippen LogP contribution in [0.25, 0.3) is 0 Å². The van der Waals surface area contributed by atoms with Crippen molar-refractivity contribution in [2.24, 2.45) is 5.73 Å². The Labute approximate surface area is 114 Å². The molecule has 0 aromatic heterocycles. The van der Waals surface area contributed by atoms with Gasteiger partial charge in [0.25, 0.3) is 0 Å². The first-order valence-corrected chi connectivity index (χ1v) is 6.71. The first-order valence-electron chi connectivity index (χ1n) is 6.33. The molecule has 0 saturated carbocycles. The molecule has 0 saturated heterocycles. The quantitative estimate of drug-likeness (QED) is 0.833. The SMILES string of the molecule is CCCC(N)CC(=O)NC(C)c1ccc(Cl)cc1. The highest BCUT2D eigenvalue weighted by Crippen LogP contribution is 2.16. The Bertz CT molecular complexity index is 378. The summed E-state index contributed by atoms with van der Waals surface area (Å²) in [5.74, 6) is -0.00148. The number of carbonyl (C=O) groups is 1. The Morgan fingerprint density at radius 1 is 1.39 bits per heavy atom. The Morgan fingerprint density at radius 2 is 2.00 bits per heavy atom. The Morgan fingerprint density at radius 3 is 2.56 bits per heavy atom. The Kier molecular flexibility index (Phi) is 6.16. The molecule has 3 nitrogen and oxygen atoms in total. The summed E-state index contributed by atoms with van der Waals surface area (Å²) in [7, 11) is 0. The molecule has 2 atom stereocenters. The van der Waals surface area contributed by atoms with Crippen LogP contribution in [0.3, 0.4) is 0 Å². The van der Waals surface area contributed by atoms with E-state index < -0.39 is 0 Å². The summed E-state index contributed by atoms with van der Waals surface area (Å²) in [5, 5.41) is 3.64. The summed E-state index contributed by atoms with van der Waals surface area (Å²) in [4.78, 5) is 11.8. The Hall–Kier alpha value is -1.06. The van der Waals surface area contributed by atoms with Gasteiger partial charge in [-0.25, -0.2) is 0 Å². The maximum Gasteiger partial charge on any atom is 0.222 e. The van der Waals surface area contributed by atoms with Gasteiger partial charge < -0.3 is 11.1 Å². The van der Waals surface area contributed by atoms with Crippen molar-refractivity contribution in [2.45, 2.75) is 45.2 Å². The van der Waals surface area contributed by atoms with Gasteiger partial charge in [-0.1, -0.05) is 37.1 Å². The summed E-state index contributed by atoms with van der Waals surface area (Å²) in [6, 6.07) is 7.40. The van der Waals surface area contributed by atoms with Crippen LogP contribution in [-0.2, 0) is 4.79 Å². The van der Waals surface area contributed by atoms with Crippen molar-refractivity contribution in [3.63, 3.8) is 0 Å². The van der Waals surface area contributed by atoms with Crippen LogP contribution in [0.15, 0.2) is 24.3 Å². The van der Waals surface area contributed by atoms with Crippen LogP contribution in [0.4, 0.5) is 0 Å². The molecule has 1 rings (SSSR count). The molecule has 18 heavy (non-hydrogen) atoms. The zero-order valence-electron chi connectivity index (χ0n) is 10.9. The zero-order valence-corrected chi connectivity index (χ0v) is 11.7. The van der Waals surface area contributed by atoms with Gasteiger partial charge in [-0.2, -0.15) is 0 Å². The van der Waals surface area contributed by atoms with Gasteiger partial charge in [0.2, 0.25) is 5.91 Å². The summed E-state index contributed by atoms with van der Waals surface area (Å²) < 4.78 is 0. The van der Waals surface area contributed by atoms with Gasteiger partial charge in [-0.15, -0.1) is 0 Å². The summed E-state index contributed by atoms with van der Waals surface area (Å²) in [6.45, 7) is 4.01. The second kappa shape index (κ2) is 7.39. The number of halogens is 1. The molecule has 0 heterocycles. The molecule has 0 aliphatic carbocycles. The van der Waals surface area contributed by atoms with Crippen LogP contribution in [0.2, 0.25) is 5.02 Å². The van der Waals surface area contributed by atoms with E-state index in [1.807, 2.05) is 31.2 Å². The van der Waals surface area contributed by atoms with E-state index in [9.17, 15) is 4.79 Å². The topological polar surface area (TPSA) is 55.1 Å². The van der Waals surface area contributed by atoms with Crippen LogP contribution in [-0.4, -0.2) is 11.9 Å². The number of carbonyl (C=O) groups excluding carboxylic acids is 1. The van der Waals surface area contributed by atoms with Crippen LogP contribution in [0.5, 0.6) is 0 Å². The highest BCUT2D eigenvalue weighted by molar-refractivity contribution is 6.30. The lowest BCUT2D eigenvalue weighted by Crippen LogP contribution is -2.33. The van der Waals surface area contributed by atoms with Gasteiger partial charge in [0, 0.05) is 17.5 Å². The number of benzene rings is 1. The predicted octanol–water partition coefficient (Wildman–Crippen LogP) is 3.03. The van der Waals surface area contributed by atoms with Crippen molar-refractivity contribution in [1.29, 1.82) is 0 Å². The third kappa shape index (κ3) is 5.07. The number of rotatable bonds is 6. The van der Waals surface area contributed by atoms with Gasteiger partial charge in [-0.05, 0) is 31.0 Å². The normalized spacial score (nSPS) is 14.0. The highest BCUT2D eigenvalue weighted by Gasteiger charge is 2.12. The molecule has 1 aromatic rings. The minimum atomic E-state index is -0.0487. The monoisotopic (exact) mass is 268 g/mol. The third-order valence-corrected chi connectivity index (χ3v) is 3.11. The summed E-state index contributed by atoms with van der Waals surface area (Å²) in [6.07, 6.45) is 2.26. The lowest BCUT2D eigenvalue weighted by atomic mass is 10.1. The Balaban J connectivity index is 2.46. The first-order chi connectivity index (χ1) is 8.52. The number of amides is 1. The van der Waals surface area contributed by atoms with Crippen molar-refractivity contribution >= 4 is 17.5 Å². The second-order valence-electron chi connectivity index (χ2n) is 4.59. The van der Waals surface area contributed by atoms with Crippen molar-refractivity contribution < 1.29 is 4.79 Å². The fourth-order valence-electron chi connectivity index (χ4n) is 1.85. The molecule has 0 spiro atoms. The van der Waals surface area contributed by atoms with Crippen LogP contribution in [0, 0.1) is 0 Å². The van der Waals surface area contributed by atoms with E-state index in [-0.39, 0.29) is 18.0 Å². The molecule has 0 aliphatic rings. The van der Waals surface area contributed by atoms with Gasteiger partial charge in [-0.3, -0.25) is 4.79 Å². The van der Waals surface area contributed by atoms with E-state index in [4.69, 9.17) is 17.3 Å². The van der Waals surface area contributed by atoms with E-state index >= 15 is 0 Å². The van der Waals surface area contributed by atoms with Crippen LogP contribution in [0.1, 0.15) is 44.7 Å². The smallest absolute Gasteiger partial charge is 0.222 e. The standard InChI is InChI=1S/C14H21ClN2O/c1-3-4-13(16)9-14(18)17-10(2)11-5-7-12(15)8-6-11/h5-8,10,13H,3-4,9,16H2,1-2H3,(H,17,18). The second-order valence-corrected chi connectivity index (χ2v) is 5.03. The summed E-state index contributed by atoms with van der Waals surface area (Å²) >= 11 is 5.82. The molecule has 1 amide bonds. The number of hydrogen-bond donors (Lipinski definition) is 2. The molecule has 4 heteroatoms. The van der Waals surface area contributed by atoms with Crippen LogP contribution < -0.4 is 11.1 Å². The lowest BCUT2D eigenvalue weighted by molar-refractivity contribution is -0.122. The van der Waals surface area contributed by atoms with Gasteiger partial charge in [0.1, 0.15) is 0 Å². The molecule has 0 bridgehead atoms. The highest BCUT2D eigenvalue weighted by atomic mass is 35.5. The van der Waals surface area contributed by atoms with Crippen molar-refractivity contribution in [3.8, 4) is 0 Å². The van der Waals surface area contributed by atoms with Crippen molar-refractivity contribution in [3.05, 3.63) is 34.9 Å². The first kappa shape index (κ1) is 15.0. The minimum absolute atomic E-state index is 0.00148. The average Bonchev–Trinajstić information content (AvgIpc) is 2.29. The maximum atomic E-state index is 11.8. The van der Waals surface area contributed by atoms with Crippen LogP contribution >= 0.6 is 11.6 Å². The number of nitrogens with two attached hydrogens (primary N) is 1. The van der Waals surface area contributed by atoms with Crippen molar-refractivity contribution in [2.75, 3.05) is 0 Å². The lowest BCUT2D eigenvalue weighted by Gasteiger charge is -2.16. The fourth-order valence-corrected chi connectivity index (χ4v) is 1.97. The molecule has 3 N–H and O–H groups in total. The van der Waals surface area contributed by atoms with E-state index in [0.717, 1.165) is 18.4 Å². The largest absolute Gasteiger partial charge is 0.350 e. The molecular formula is C14H21ClN2O. The summed E-state index contributed by atoms with van der Waals surface area (Å²) in [5.41, 5.74) is 6.88. The van der Waals surface area contributed by atoms with E-state index in [2.05, 4.69) is 12.2 Å². The average molecular weight is 269 g/mol. The van der Waals surface area contributed by atoms with Gasteiger partial charge in [0.15, 0.2) is 0 Å². The van der Waals surface area contributed by atoms with E-state index in [0.29, 0.717) is 11.4 Å². The van der Waals surface area contributed by atoms with Gasteiger partial charge in [0.05, 0.1) is 6.04 Å². The predicted molar refractivity (Wildman–Crippen MR) is 75.5 cm³/mol. The van der Waals surface area contributed by atoms with Crippen molar-refractivity contribution in [1.82, 2.24) is 5.32 Å². The van der Waals surface area contributed by atoms with E-state index in [1.165, 1.54) is 0 Å². The maximum absolute atomic E-state index is 11.8. The van der Waals surface area contributed by atoms with Gasteiger partial charge >= 0.3 is 0 Å². The molecule has 0 radical (unpaired) electrons. The third-order valence-electron chi connectivity index (χ3n) is 2.85. The number of hydrogen-bond acceptors (Lipinski definition) is 2. The minimum Gasteiger partial charge on any atom is -0.350 e. The molecular weight excluding hydrogens is 248 g/mol. The molecule has 1 aromatic carbocycles. The molecule has 2 unspecified atom stereocenters.